The molecule has 1 saturated heterocycles. The highest BCUT2D eigenvalue weighted by atomic mass is 16.5. The number of morpholine rings is 1. The van der Waals surface area contributed by atoms with Crippen molar-refractivity contribution in [1.82, 2.24) is 9.47 Å². The summed E-state index contributed by atoms with van der Waals surface area (Å²) in [6.45, 7) is 0.640. The predicted octanol–water partition coefficient (Wildman–Crippen LogP) is 1.62. The van der Waals surface area contributed by atoms with Crippen LogP contribution in [0.1, 0.15) is 22.1 Å². The van der Waals surface area contributed by atoms with Crippen LogP contribution >= 0.6 is 0 Å². The molecular weight excluding hydrogens is 336 g/mol. The number of carbonyl (C=O) groups is 1. The van der Waals surface area contributed by atoms with Gasteiger partial charge in [0.25, 0.3) is 5.91 Å². The smallest absolute Gasteiger partial charge is 0.271 e. The first-order chi connectivity index (χ1) is 12.6. The van der Waals surface area contributed by atoms with E-state index >= 15 is 0 Å². The van der Waals surface area contributed by atoms with E-state index in [0.29, 0.717) is 30.3 Å². The number of hydrogen-bond acceptors (Lipinski definition) is 5. The Bertz CT molecular complexity index is 773. The molecule has 26 heavy (non-hydrogen) atoms. The summed E-state index contributed by atoms with van der Waals surface area (Å²) < 4.78 is 18.2. The van der Waals surface area contributed by atoms with Crippen molar-refractivity contribution in [2.45, 2.75) is 12.1 Å². The van der Waals surface area contributed by atoms with Crippen LogP contribution in [-0.2, 0) is 11.8 Å². The zero-order chi connectivity index (χ0) is 18.7. The summed E-state index contributed by atoms with van der Waals surface area (Å²) in [4.78, 5) is 14.9. The third-order valence-corrected chi connectivity index (χ3v) is 4.70. The number of aliphatic hydroxyl groups excluding tert-OH is 1. The third kappa shape index (κ3) is 3.27. The van der Waals surface area contributed by atoms with E-state index in [1.54, 1.807) is 35.8 Å². The van der Waals surface area contributed by atoms with Gasteiger partial charge in [0.2, 0.25) is 0 Å². The van der Waals surface area contributed by atoms with E-state index in [-0.39, 0.29) is 12.5 Å². The lowest BCUT2D eigenvalue weighted by Gasteiger charge is -2.41. The highest BCUT2D eigenvalue weighted by Crippen LogP contribution is 2.36. The number of aryl methyl sites for hydroxylation is 1. The topological polar surface area (TPSA) is 73.2 Å². The van der Waals surface area contributed by atoms with Crippen LogP contribution in [0.2, 0.25) is 0 Å². The van der Waals surface area contributed by atoms with Crippen molar-refractivity contribution in [1.29, 1.82) is 0 Å². The molecule has 0 saturated carbocycles. The number of rotatable bonds is 5. The number of aromatic nitrogens is 1. The molecule has 1 N–H and O–H groups in total. The third-order valence-electron chi connectivity index (χ3n) is 4.70. The Hall–Kier alpha value is -2.51. The van der Waals surface area contributed by atoms with E-state index < -0.39 is 12.1 Å². The molecule has 2 aromatic rings. The zero-order valence-corrected chi connectivity index (χ0v) is 15.2. The lowest BCUT2D eigenvalue weighted by molar-refractivity contribution is -0.0813. The normalized spacial score (nSPS) is 20.1. The van der Waals surface area contributed by atoms with Gasteiger partial charge in [0.05, 0.1) is 33.5 Å². The number of benzene rings is 1. The number of hydrogen-bond donors (Lipinski definition) is 1. The van der Waals surface area contributed by atoms with Crippen LogP contribution < -0.4 is 9.47 Å². The second-order valence-electron chi connectivity index (χ2n) is 6.15. The first-order valence-electron chi connectivity index (χ1n) is 8.47. The standard InChI is InChI=1S/C19H24N2O5/c1-20-8-4-5-14(20)19(23)21-9-10-26-17(12-22)18(21)13-6-7-15(24-2)16(11-13)25-3/h4-8,11,17-18,22H,9-10,12H2,1-3H3/t17-,18-/m0/s1. The molecule has 140 valence electrons. The van der Waals surface area contributed by atoms with E-state index in [9.17, 15) is 9.90 Å². The first kappa shape index (κ1) is 18.3. The Balaban J connectivity index is 2.01. The average molecular weight is 360 g/mol. The Labute approximate surface area is 152 Å². The van der Waals surface area contributed by atoms with Gasteiger partial charge in [0.1, 0.15) is 11.8 Å². The van der Waals surface area contributed by atoms with Crippen LogP contribution in [0, 0.1) is 0 Å². The molecule has 0 unspecified atom stereocenters. The molecule has 2 heterocycles. The van der Waals surface area contributed by atoms with Gasteiger partial charge in [-0.3, -0.25) is 4.79 Å². The summed E-state index contributed by atoms with van der Waals surface area (Å²) >= 11 is 0. The minimum absolute atomic E-state index is 0.0981. The number of carbonyl (C=O) groups excluding carboxylic acids is 1. The van der Waals surface area contributed by atoms with Crippen LogP contribution in [0.3, 0.4) is 0 Å². The van der Waals surface area contributed by atoms with Gasteiger partial charge in [-0.15, -0.1) is 0 Å². The van der Waals surface area contributed by atoms with E-state index in [2.05, 4.69) is 0 Å². The average Bonchev–Trinajstić information content (AvgIpc) is 3.12. The Morgan fingerprint density at radius 3 is 2.65 bits per heavy atom. The summed E-state index contributed by atoms with van der Waals surface area (Å²) in [5.74, 6) is 1.08. The van der Waals surface area contributed by atoms with Gasteiger partial charge in [-0.05, 0) is 29.8 Å². The van der Waals surface area contributed by atoms with Crippen molar-refractivity contribution in [2.75, 3.05) is 34.0 Å². The number of aliphatic hydroxyl groups is 1. The van der Waals surface area contributed by atoms with Crippen molar-refractivity contribution in [3.05, 3.63) is 47.8 Å². The van der Waals surface area contributed by atoms with Crippen molar-refractivity contribution in [2.24, 2.45) is 7.05 Å². The van der Waals surface area contributed by atoms with Crippen LogP contribution in [0.4, 0.5) is 0 Å². The van der Waals surface area contributed by atoms with Gasteiger partial charge in [0, 0.05) is 19.8 Å². The maximum absolute atomic E-state index is 13.1. The Morgan fingerprint density at radius 1 is 1.27 bits per heavy atom. The Morgan fingerprint density at radius 2 is 2.04 bits per heavy atom. The van der Waals surface area contributed by atoms with E-state index in [1.165, 1.54) is 0 Å². The van der Waals surface area contributed by atoms with Crippen molar-refractivity contribution in [3.63, 3.8) is 0 Å². The van der Waals surface area contributed by atoms with Gasteiger partial charge in [-0.25, -0.2) is 0 Å². The lowest BCUT2D eigenvalue weighted by atomic mass is 9.97. The molecule has 1 aromatic carbocycles. The molecule has 7 heteroatoms. The molecule has 0 aliphatic carbocycles. The van der Waals surface area contributed by atoms with Gasteiger partial charge in [0.15, 0.2) is 11.5 Å². The highest BCUT2D eigenvalue weighted by Gasteiger charge is 2.37. The molecule has 1 aromatic heterocycles. The largest absolute Gasteiger partial charge is 0.493 e. The van der Waals surface area contributed by atoms with Crippen molar-refractivity contribution < 1.29 is 24.1 Å². The van der Waals surface area contributed by atoms with E-state index in [1.807, 2.05) is 31.4 Å². The van der Waals surface area contributed by atoms with Gasteiger partial charge in [-0.2, -0.15) is 0 Å². The van der Waals surface area contributed by atoms with Crippen molar-refractivity contribution in [3.8, 4) is 11.5 Å². The molecule has 0 spiro atoms. The molecule has 2 atom stereocenters. The minimum Gasteiger partial charge on any atom is -0.493 e. The number of methoxy groups -OCH3 is 2. The molecule has 7 nitrogen and oxygen atoms in total. The number of amides is 1. The molecule has 1 amide bonds. The van der Waals surface area contributed by atoms with Gasteiger partial charge >= 0.3 is 0 Å². The summed E-state index contributed by atoms with van der Waals surface area (Å²) in [5, 5.41) is 9.81. The van der Waals surface area contributed by atoms with E-state index in [0.717, 1.165) is 5.56 Å². The number of nitrogens with zero attached hydrogens (tertiary/aromatic N) is 2. The molecule has 0 radical (unpaired) electrons. The summed E-state index contributed by atoms with van der Waals surface area (Å²) in [6.07, 6.45) is 1.33. The van der Waals surface area contributed by atoms with Crippen molar-refractivity contribution >= 4 is 5.91 Å². The minimum atomic E-state index is -0.508. The van der Waals surface area contributed by atoms with Crippen LogP contribution in [0.5, 0.6) is 11.5 Å². The highest BCUT2D eigenvalue weighted by molar-refractivity contribution is 5.93. The van der Waals surface area contributed by atoms with Crippen LogP contribution in [0.15, 0.2) is 36.5 Å². The van der Waals surface area contributed by atoms with Crippen LogP contribution in [-0.4, -0.2) is 60.6 Å². The molecule has 3 rings (SSSR count). The van der Waals surface area contributed by atoms with Gasteiger partial charge < -0.3 is 28.8 Å². The predicted molar refractivity (Wildman–Crippen MR) is 95.6 cm³/mol. The molecule has 0 bridgehead atoms. The fourth-order valence-corrected chi connectivity index (χ4v) is 3.38. The monoisotopic (exact) mass is 360 g/mol. The molecule has 1 fully saturated rings. The van der Waals surface area contributed by atoms with E-state index in [4.69, 9.17) is 14.2 Å². The molecule has 1 aliphatic rings. The second-order valence-corrected chi connectivity index (χ2v) is 6.15. The van der Waals surface area contributed by atoms with Crippen LogP contribution in [0.25, 0.3) is 0 Å². The summed E-state index contributed by atoms with van der Waals surface area (Å²) in [5.41, 5.74) is 1.41. The zero-order valence-electron chi connectivity index (χ0n) is 15.2. The summed E-state index contributed by atoms with van der Waals surface area (Å²) in [6, 6.07) is 8.69. The fourth-order valence-electron chi connectivity index (χ4n) is 3.38. The Kier molecular flexibility index (Phi) is 5.49. The fraction of sp³-hybridized carbons (Fsp3) is 0.421. The first-order valence-corrected chi connectivity index (χ1v) is 8.47. The maximum atomic E-state index is 13.1. The second kappa shape index (κ2) is 7.80. The molecular formula is C19H24N2O5. The lowest BCUT2D eigenvalue weighted by Crippen LogP contribution is -2.49. The summed E-state index contributed by atoms with van der Waals surface area (Å²) in [7, 11) is 4.97. The quantitative estimate of drug-likeness (QED) is 0.877. The molecule has 1 aliphatic heterocycles. The maximum Gasteiger partial charge on any atom is 0.271 e. The SMILES string of the molecule is COc1ccc([C@H]2[C@H](CO)OCCN2C(=O)c2cccn2C)cc1OC. The number of ether oxygens (including phenoxy) is 3. The van der Waals surface area contributed by atoms with Gasteiger partial charge in [-0.1, -0.05) is 6.07 Å².